The molecule has 0 nitrogen and oxygen atoms in total. The molecule has 0 aromatic carbocycles. The minimum atomic E-state index is 0.873. The maximum Gasteiger partial charge on any atom is -0.0295 e. The molecule has 1 atom stereocenters. The molecule has 0 radical (unpaired) electrons. The predicted octanol–water partition coefficient (Wildman–Crippen LogP) is 3.37. The smallest absolute Gasteiger partial charge is 0.0295 e. The summed E-state index contributed by atoms with van der Waals surface area (Å²) in [4.78, 5) is 0. The minimum Gasteiger partial charge on any atom is -0.0625 e. The summed E-state index contributed by atoms with van der Waals surface area (Å²) in [6.07, 6.45) is 10.7. The van der Waals surface area contributed by atoms with Crippen LogP contribution in [-0.4, -0.2) is 0 Å². The molecule has 0 aliphatic heterocycles. The quantitative estimate of drug-likeness (QED) is 0.481. The first kappa shape index (κ1) is 6.69. The molecule has 58 valence electrons. The van der Waals surface area contributed by atoms with Gasteiger partial charge in [0, 0.05) is 0 Å². The van der Waals surface area contributed by atoms with E-state index >= 15 is 0 Å². The Labute approximate surface area is 64.0 Å². The number of hydrogen-bond acceptors (Lipinski definition) is 0. The van der Waals surface area contributed by atoms with Gasteiger partial charge in [-0.2, -0.15) is 0 Å². The largest absolute Gasteiger partial charge is 0.0625 e. The van der Waals surface area contributed by atoms with E-state index in [0.717, 1.165) is 11.3 Å². The van der Waals surface area contributed by atoms with E-state index in [4.69, 9.17) is 0 Å². The van der Waals surface area contributed by atoms with Crippen LogP contribution >= 0.6 is 0 Å². The molecule has 0 aromatic heterocycles. The lowest BCUT2D eigenvalue weighted by atomic mass is 9.59. The van der Waals surface area contributed by atoms with E-state index < -0.39 is 0 Å². The maximum absolute atomic E-state index is 2.43. The highest BCUT2D eigenvalue weighted by atomic mass is 14.4. The average Bonchev–Trinajstić information content (AvgIpc) is 1.85. The summed E-state index contributed by atoms with van der Waals surface area (Å²) in [6.45, 7) is 2.43. The first-order valence-corrected chi connectivity index (χ1v) is 4.81. The summed E-state index contributed by atoms with van der Waals surface area (Å²) < 4.78 is 0. The molecule has 2 fully saturated rings. The third-order valence-corrected chi connectivity index (χ3v) is 3.60. The van der Waals surface area contributed by atoms with Gasteiger partial charge < -0.3 is 0 Å². The molecule has 2 aliphatic carbocycles. The van der Waals surface area contributed by atoms with Gasteiger partial charge in [-0.1, -0.05) is 26.2 Å². The van der Waals surface area contributed by atoms with E-state index in [9.17, 15) is 0 Å². The van der Waals surface area contributed by atoms with Gasteiger partial charge >= 0.3 is 0 Å². The second-order valence-electron chi connectivity index (χ2n) is 4.56. The fourth-order valence-corrected chi connectivity index (χ4v) is 2.90. The van der Waals surface area contributed by atoms with Crippen molar-refractivity contribution in [3.63, 3.8) is 0 Å². The molecule has 0 heteroatoms. The van der Waals surface area contributed by atoms with Gasteiger partial charge in [0.25, 0.3) is 0 Å². The van der Waals surface area contributed by atoms with Gasteiger partial charge in [-0.05, 0) is 37.0 Å². The SMILES string of the molecule is C[C@@H]1CCCC2(CCC2)C1. The van der Waals surface area contributed by atoms with Crippen LogP contribution in [0.2, 0.25) is 0 Å². The van der Waals surface area contributed by atoms with Gasteiger partial charge in [0.05, 0.1) is 0 Å². The topological polar surface area (TPSA) is 0 Å². The molecular weight excluding hydrogens is 120 g/mol. The summed E-state index contributed by atoms with van der Waals surface area (Å²) in [7, 11) is 0. The van der Waals surface area contributed by atoms with Crippen LogP contribution in [0.5, 0.6) is 0 Å². The van der Waals surface area contributed by atoms with Crippen molar-refractivity contribution in [2.75, 3.05) is 0 Å². The molecular formula is C10H18. The van der Waals surface area contributed by atoms with Crippen LogP contribution in [0.25, 0.3) is 0 Å². The van der Waals surface area contributed by atoms with Crippen LogP contribution < -0.4 is 0 Å². The second kappa shape index (κ2) is 2.25. The standard InChI is InChI=1S/C10H18/c1-9-4-2-5-10(8-9)6-3-7-10/h9H,2-8H2,1H3/t9-/m1/s1. The third kappa shape index (κ3) is 0.980. The second-order valence-corrected chi connectivity index (χ2v) is 4.56. The lowest BCUT2D eigenvalue weighted by molar-refractivity contribution is 0.0515. The average molecular weight is 138 g/mol. The van der Waals surface area contributed by atoms with Crippen LogP contribution in [0.4, 0.5) is 0 Å². The molecule has 2 saturated carbocycles. The molecule has 0 saturated heterocycles. The van der Waals surface area contributed by atoms with E-state index in [-0.39, 0.29) is 0 Å². The van der Waals surface area contributed by atoms with Gasteiger partial charge in [0.1, 0.15) is 0 Å². The van der Waals surface area contributed by atoms with Crippen LogP contribution in [0.3, 0.4) is 0 Å². The van der Waals surface area contributed by atoms with E-state index in [1.165, 1.54) is 19.3 Å². The molecule has 2 aliphatic rings. The summed E-state index contributed by atoms with van der Waals surface area (Å²) in [6, 6.07) is 0. The van der Waals surface area contributed by atoms with Gasteiger partial charge in [-0.15, -0.1) is 0 Å². The Morgan fingerprint density at radius 1 is 1.10 bits per heavy atom. The molecule has 0 amide bonds. The van der Waals surface area contributed by atoms with E-state index in [0.29, 0.717) is 0 Å². The Bertz CT molecular complexity index is 122. The molecule has 0 aromatic rings. The third-order valence-electron chi connectivity index (χ3n) is 3.60. The van der Waals surface area contributed by atoms with E-state index in [1.807, 2.05) is 0 Å². The van der Waals surface area contributed by atoms with E-state index in [1.54, 1.807) is 25.7 Å². The molecule has 0 bridgehead atoms. The first-order chi connectivity index (χ1) is 4.81. The maximum atomic E-state index is 2.43. The first-order valence-electron chi connectivity index (χ1n) is 4.81. The van der Waals surface area contributed by atoms with Crippen LogP contribution in [0.15, 0.2) is 0 Å². The Morgan fingerprint density at radius 2 is 1.80 bits per heavy atom. The number of rotatable bonds is 0. The van der Waals surface area contributed by atoms with Gasteiger partial charge in [0.15, 0.2) is 0 Å². The van der Waals surface area contributed by atoms with Crippen molar-refractivity contribution in [1.82, 2.24) is 0 Å². The zero-order chi connectivity index (χ0) is 7.03. The van der Waals surface area contributed by atoms with Crippen molar-refractivity contribution in [1.29, 1.82) is 0 Å². The number of hydrogen-bond donors (Lipinski definition) is 0. The van der Waals surface area contributed by atoms with Crippen molar-refractivity contribution < 1.29 is 0 Å². The van der Waals surface area contributed by atoms with Gasteiger partial charge in [-0.25, -0.2) is 0 Å². The lowest BCUT2D eigenvalue weighted by Gasteiger charge is -2.47. The highest BCUT2D eigenvalue weighted by Crippen LogP contribution is 2.52. The lowest BCUT2D eigenvalue weighted by Crippen LogP contribution is -2.34. The molecule has 0 unspecified atom stereocenters. The van der Waals surface area contributed by atoms with E-state index in [2.05, 4.69) is 6.92 Å². The summed E-state index contributed by atoms with van der Waals surface area (Å²) >= 11 is 0. The van der Waals surface area contributed by atoms with Gasteiger partial charge in [0.2, 0.25) is 0 Å². The van der Waals surface area contributed by atoms with Crippen LogP contribution in [0, 0.1) is 11.3 Å². The van der Waals surface area contributed by atoms with Crippen molar-refractivity contribution in [2.45, 2.75) is 51.9 Å². The molecule has 0 heterocycles. The Balaban J connectivity index is 1.96. The van der Waals surface area contributed by atoms with Crippen molar-refractivity contribution in [2.24, 2.45) is 11.3 Å². The summed E-state index contributed by atoms with van der Waals surface area (Å²) in [5.41, 5.74) is 0.873. The van der Waals surface area contributed by atoms with Crippen molar-refractivity contribution >= 4 is 0 Å². The monoisotopic (exact) mass is 138 g/mol. The summed E-state index contributed by atoms with van der Waals surface area (Å²) in [5.74, 6) is 1.04. The minimum absolute atomic E-state index is 0.873. The zero-order valence-electron chi connectivity index (χ0n) is 7.03. The Morgan fingerprint density at radius 3 is 2.20 bits per heavy atom. The Hall–Kier alpha value is 0. The Kier molecular flexibility index (Phi) is 1.51. The van der Waals surface area contributed by atoms with Gasteiger partial charge in [-0.3, -0.25) is 0 Å². The summed E-state index contributed by atoms with van der Waals surface area (Å²) in [5, 5.41) is 0. The van der Waals surface area contributed by atoms with Crippen molar-refractivity contribution in [3.8, 4) is 0 Å². The molecule has 10 heavy (non-hydrogen) atoms. The van der Waals surface area contributed by atoms with Crippen LogP contribution in [0.1, 0.15) is 51.9 Å². The highest BCUT2D eigenvalue weighted by Gasteiger charge is 2.39. The fraction of sp³-hybridized carbons (Fsp3) is 1.00. The molecule has 0 N–H and O–H groups in total. The fourth-order valence-electron chi connectivity index (χ4n) is 2.90. The normalized spacial score (nSPS) is 37.5. The zero-order valence-corrected chi connectivity index (χ0v) is 7.03. The van der Waals surface area contributed by atoms with Crippen LogP contribution in [-0.2, 0) is 0 Å². The predicted molar refractivity (Wildman–Crippen MR) is 43.9 cm³/mol. The molecule has 2 rings (SSSR count). The molecule has 1 spiro atoms. The van der Waals surface area contributed by atoms with Crippen molar-refractivity contribution in [3.05, 3.63) is 0 Å². The highest BCUT2D eigenvalue weighted by molar-refractivity contribution is 4.91.